The van der Waals surface area contributed by atoms with Crippen molar-refractivity contribution in [2.75, 3.05) is 0 Å². The number of fused-ring (bicyclic) bond motifs is 1. The summed E-state index contributed by atoms with van der Waals surface area (Å²) in [6, 6.07) is 20.5. The largest absolute Gasteiger partial charge is 0.507 e. The molecular formula is C21H20N2O3. The summed E-state index contributed by atoms with van der Waals surface area (Å²) in [4.78, 5) is 12.2. The maximum absolute atomic E-state index is 12.2. The summed E-state index contributed by atoms with van der Waals surface area (Å²) in [5, 5.41) is 16.0. The highest BCUT2D eigenvalue weighted by Gasteiger charge is 2.15. The van der Waals surface area contributed by atoms with Crippen LogP contribution in [0.25, 0.3) is 10.8 Å². The van der Waals surface area contributed by atoms with Gasteiger partial charge in [0.25, 0.3) is 5.91 Å². The molecule has 0 unspecified atom stereocenters. The van der Waals surface area contributed by atoms with Gasteiger partial charge in [-0.2, -0.15) is 5.10 Å². The molecule has 1 atom stereocenters. The van der Waals surface area contributed by atoms with E-state index in [1.807, 2.05) is 42.5 Å². The lowest BCUT2D eigenvalue weighted by Crippen LogP contribution is -2.33. The number of rotatable bonds is 5. The van der Waals surface area contributed by atoms with Gasteiger partial charge in [0.15, 0.2) is 6.10 Å². The minimum Gasteiger partial charge on any atom is -0.507 e. The van der Waals surface area contributed by atoms with Crippen molar-refractivity contribution in [2.24, 2.45) is 5.10 Å². The fourth-order valence-corrected chi connectivity index (χ4v) is 2.57. The van der Waals surface area contributed by atoms with E-state index < -0.39 is 6.10 Å². The van der Waals surface area contributed by atoms with Gasteiger partial charge in [0.05, 0.1) is 5.71 Å². The maximum atomic E-state index is 12.2. The molecule has 0 saturated carbocycles. The number of ether oxygens (including phenoxy) is 1. The van der Waals surface area contributed by atoms with E-state index in [0.29, 0.717) is 17.0 Å². The number of para-hydroxylation sites is 1. The normalized spacial score (nSPS) is 12.6. The van der Waals surface area contributed by atoms with Crippen LogP contribution >= 0.6 is 0 Å². The first-order valence-electron chi connectivity index (χ1n) is 8.32. The summed E-state index contributed by atoms with van der Waals surface area (Å²) in [6.07, 6.45) is -0.711. The molecule has 0 bridgehead atoms. The molecule has 0 aliphatic carbocycles. The fourth-order valence-electron chi connectivity index (χ4n) is 2.57. The zero-order valence-electron chi connectivity index (χ0n) is 14.6. The van der Waals surface area contributed by atoms with Crippen LogP contribution in [0.1, 0.15) is 19.4 Å². The SMILES string of the molecule is C/C(=N\NC(=O)[C@@H](C)Oc1ccc2ccccc2c1)c1ccccc1O. The van der Waals surface area contributed by atoms with Gasteiger partial charge in [-0.15, -0.1) is 0 Å². The third-order valence-corrected chi connectivity index (χ3v) is 4.03. The van der Waals surface area contributed by atoms with Gasteiger partial charge in [-0.1, -0.05) is 42.5 Å². The van der Waals surface area contributed by atoms with Crippen LogP contribution < -0.4 is 10.2 Å². The van der Waals surface area contributed by atoms with Crippen LogP contribution in [-0.2, 0) is 4.79 Å². The highest BCUT2D eigenvalue weighted by Crippen LogP contribution is 2.21. The average molecular weight is 348 g/mol. The van der Waals surface area contributed by atoms with E-state index in [1.54, 1.807) is 38.1 Å². The second-order valence-electron chi connectivity index (χ2n) is 5.96. The number of benzene rings is 3. The maximum Gasteiger partial charge on any atom is 0.280 e. The monoisotopic (exact) mass is 348 g/mol. The lowest BCUT2D eigenvalue weighted by molar-refractivity contribution is -0.127. The first kappa shape index (κ1) is 17.5. The Kier molecular flexibility index (Phi) is 5.17. The summed E-state index contributed by atoms with van der Waals surface area (Å²) < 4.78 is 5.72. The van der Waals surface area contributed by atoms with Gasteiger partial charge in [-0.3, -0.25) is 4.79 Å². The van der Waals surface area contributed by atoms with Gasteiger partial charge in [0, 0.05) is 5.56 Å². The van der Waals surface area contributed by atoms with E-state index in [9.17, 15) is 9.90 Å². The molecule has 0 fully saturated rings. The summed E-state index contributed by atoms with van der Waals surface area (Å²) in [7, 11) is 0. The lowest BCUT2D eigenvalue weighted by Gasteiger charge is -2.14. The summed E-state index contributed by atoms with van der Waals surface area (Å²) >= 11 is 0. The predicted molar refractivity (Wildman–Crippen MR) is 102 cm³/mol. The van der Waals surface area contributed by atoms with Gasteiger partial charge < -0.3 is 9.84 Å². The van der Waals surface area contributed by atoms with Crippen molar-refractivity contribution >= 4 is 22.4 Å². The summed E-state index contributed by atoms with van der Waals surface area (Å²) in [6.45, 7) is 3.37. The average Bonchev–Trinajstić information content (AvgIpc) is 2.66. The van der Waals surface area contributed by atoms with Crippen LogP contribution in [0.4, 0.5) is 0 Å². The molecule has 0 radical (unpaired) electrons. The van der Waals surface area contributed by atoms with Crippen molar-refractivity contribution in [2.45, 2.75) is 20.0 Å². The number of nitrogens with one attached hydrogen (secondary N) is 1. The van der Waals surface area contributed by atoms with Gasteiger partial charge in [-0.05, 0) is 48.9 Å². The van der Waals surface area contributed by atoms with Crippen molar-refractivity contribution in [1.82, 2.24) is 5.43 Å². The second-order valence-corrected chi connectivity index (χ2v) is 5.96. The van der Waals surface area contributed by atoms with E-state index in [2.05, 4.69) is 10.5 Å². The van der Waals surface area contributed by atoms with E-state index in [0.717, 1.165) is 10.8 Å². The minimum absolute atomic E-state index is 0.114. The molecule has 1 amide bonds. The van der Waals surface area contributed by atoms with E-state index in [1.165, 1.54) is 0 Å². The molecule has 5 heteroatoms. The third kappa shape index (κ3) is 4.00. The topological polar surface area (TPSA) is 70.9 Å². The summed E-state index contributed by atoms with van der Waals surface area (Å²) in [5.41, 5.74) is 3.55. The number of phenolic OH excluding ortho intramolecular Hbond substituents is 1. The van der Waals surface area contributed by atoms with Crippen LogP contribution in [0.5, 0.6) is 11.5 Å². The van der Waals surface area contributed by atoms with Crippen LogP contribution in [0.2, 0.25) is 0 Å². The fraction of sp³-hybridized carbons (Fsp3) is 0.143. The van der Waals surface area contributed by atoms with Crippen molar-refractivity contribution < 1.29 is 14.6 Å². The number of hydrazone groups is 1. The Bertz CT molecular complexity index is 966. The van der Waals surface area contributed by atoms with Gasteiger partial charge >= 0.3 is 0 Å². The Hall–Kier alpha value is -3.34. The molecule has 5 nitrogen and oxygen atoms in total. The van der Waals surface area contributed by atoms with Gasteiger partial charge in [0.2, 0.25) is 0 Å². The highest BCUT2D eigenvalue weighted by atomic mass is 16.5. The Morgan fingerprint density at radius 3 is 2.50 bits per heavy atom. The Morgan fingerprint density at radius 1 is 1.04 bits per heavy atom. The van der Waals surface area contributed by atoms with Crippen molar-refractivity contribution in [3.63, 3.8) is 0 Å². The van der Waals surface area contributed by atoms with Crippen molar-refractivity contribution in [3.05, 3.63) is 72.3 Å². The third-order valence-electron chi connectivity index (χ3n) is 4.03. The number of hydrogen-bond acceptors (Lipinski definition) is 4. The Balaban J connectivity index is 1.65. The molecule has 2 N–H and O–H groups in total. The number of hydrogen-bond donors (Lipinski definition) is 2. The molecule has 0 aliphatic heterocycles. The standard InChI is InChI=1S/C21H20N2O3/c1-14(19-9-5-6-10-20(19)24)22-23-21(25)15(2)26-18-12-11-16-7-3-4-8-17(16)13-18/h3-13,15,24H,1-2H3,(H,23,25)/b22-14+/t15-/m1/s1. The van der Waals surface area contributed by atoms with Crippen LogP contribution in [-0.4, -0.2) is 22.8 Å². The number of carbonyl (C=O) groups is 1. The van der Waals surface area contributed by atoms with Crippen molar-refractivity contribution in [1.29, 1.82) is 0 Å². The summed E-state index contributed by atoms with van der Waals surface area (Å²) in [5.74, 6) is 0.365. The Morgan fingerprint density at radius 2 is 1.73 bits per heavy atom. The molecule has 0 saturated heterocycles. The van der Waals surface area contributed by atoms with Gasteiger partial charge in [-0.25, -0.2) is 5.43 Å². The molecule has 0 aliphatic rings. The Labute approximate surface area is 151 Å². The van der Waals surface area contributed by atoms with Crippen LogP contribution in [0.15, 0.2) is 71.8 Å². The predicted octanol–water partition coefficient (Wildman–Crippen LogP) is 3.85. The number of phenols is 1. The van der Waals surface area contributed by atoms with E-state index >= 15 is 0 Å². The molecule has 26 heavy (non-hydrogen) atoms. The number of carbonyl (C=O) groups excluding carboxylic acids is 1. The molecular weight excluding hydrogens is 328 g/mol. The van der Waals surface area contributed by atoms with Gasteiger partial charge in [0.1, 0.15) is 11.5 Å². The van der Waals surface area contributed by atoms with E-state index in [-0.39, 0.29) is 11.7 Å². The zero-order chi connectivity index (χ0) is 18.5. The molecule has 0 spiro atoms. The zero-order valence-corrected chi connectivity index (χ0v) is 14.6. The first-order valence-corrected chi connectivity index (χ1v) is 8.32. The highest BCUT2D eigenvalue weighted by molar-refractivity contribution is 6.01. The smallest absolute Gasteiger partial charge is 0.280 e. The molecule has 0 aromatic heterocycles. The molecule has 0 heterocycles. The first-order chi connectivity index (χ1) is 12.5. The van der Waals surface area contributed by atoms with E-state index in [4.69, 9.17) is 4.74 Å². The number of aromatic hydroxyl groups is 1. The van der Waals surface area contributed by atoms with Crippen LogP contribution in [0.3, 0.4) is 0 Å². The molecule has 3 rings (SSSR count). The minimum atomic E-state index is -0.711. The number of nitrogens with zero attached hydrogens (tertiary/aromatic N) is 1. The quantitative estimate of drug-likeness (QED) is 0.543. The molecule has 3 aromatic carbocycles. The van der Waals surface area contributed by atoms with Crippen molar-refractivity contribution in [3.8, 4) is 11.5 Å². The molecule has 132 valence electrons. The van der Waals surface area contributed by atoms with Crippen LogP contribution in [0, 0.1) is 0 Å². The second kappa shape index (κ2) is 7.70. The lowest BCUT2D eigenvalue weighted by atomic mass is 10.1. The number of amides is 1. The molecule has 3 aromatic rings.